The molecule has 13 heavy (non-hydrogen) atoms. The van der Waals surface area contributed by atoms with E-state index in [4.69, 9.17) is 4.74 Å². The zero-order valence-electron chi connectivity index (χ0n) is 7.39. The first kappa shape index (κ1) is 10.4. The summed E-state index contributed by atoms with van der Waals surface area (Å²) < 4.78 is 18.5. The highest BCUT2D eigenvalue weighted by atomic mass is 79.9. The number of unbranched alkanes of at least 4 members (excludes halogenated alkanes) is 1. The van der Waals surface area contributed by atoms with Gasteiger partial charge in [0, 0.05) is 6.20 Å². The molecule has 0 spiro atoms. The Morgan fingerprint density at radius 2 is 2.38 bits per heavy atom. The van der Waals surface area contributed by atoms with Gasteiger partial charge >= 0.3 is 0 Å². The molecule has 2 nitrogen and oxygen atoms in total. The van der Waals surface area contributed by atoms with E-state index < -0.39 is 5.95 Å². The van der Waals surface area contributed by atoms with Crippen molar-refractivity contribution in [2.24, 2.45) is 0 Å². The molecule has 1 rings (SSSR count). The van der Waals surface area contributed by atoms with Crippen LogP contribution in [0.1, 0.15) is 19.8 Å². The van der Waals surface area contributed by atoms with E-state index in [1.165, 1.54) is 6.20 Å². The van der Waals surface area contributed by atoms with Gasteiger partial charge < -0.3 is 4.74 Å². The van der Waals surface area contributed by atoms with Crippen LogP contribution in [0.2, 0.25) is 0 Å². The first-order chi connectivity index (χ1) is 6.25. The standard InChI is InChI=1S/C9H11BrFNO/c1-2-3-6-13-7-4-5-12-9(11)8(7)10/h4-5H,2-3,6H2,1H3. The molecular weight excluding hydrogens is 237 g/mol. The molecule has 0 amide bonds. The van der Waals surface area contributed by atoms with Crippen molar-refractivity contribution in [3.8, 4) is 5.75 Å². The minimum Gasteiger partial charge on any atom is -0.492 e. The third-order valence-electron chi connectivity index (χ3n) is 1.57. The number of aromatic nitrogens is 1. The van der Waals surface area contributed by atoms with Crippen LogP contribution in [0.5, 0.6) is 5.75 Å². The van der Waals surface area contributed by atoms with Crippen LogP contribution in [0.15, 0.2) is 16.7 Å². The first-order valence-electron chi connectivity index (χ1n) is 4.18. The smallest absolute Gasteiger partial charge is 0.230 e. The predicted octanol–water partition coefficient (Wildman–Crippen LogP) is 3.16. The summed E-state index contributed by atoms with van der Waals surface area (Å²) in [4.78, 5) is 3.47. The van der Waals surface area contributed by atoms with E-state index in [1.54, 1.807) is 6.07 Å². The van der Waals surface area contributed by atoms with Crippen molar-refractivity contribution in [1.82, 2.24) is 4.98 Å². The minimum atomic E-state index is -0.533. The minimum absolute atomic E-state index is 0.297. The molecule has 0 atom stereocenters. The van der Waals surface area contributed by atoms with Crippen LogP contribution in [-0.2, 0) is 0 Å². The van der Waals surface area contributed by atoms with Gasteiger partial charge in [0.15, 0.2) is 0 Å². The summed E-state index contributed by atoms with van der Waals surface area (Å²) in [6.45, 7) is 2.68. The van der Waals surface area contributed by atoms with Crippen LogP contribution in [0, 0.1) is 5.95 Å². The lowest BCUT2D eigenvalue weighted by Crippen LogP contribution is -1.98. The fraction of sp³-hybridized carbons (Fsp3) is 0.444. The lowest BCUT2D eigenvalue weighted by molar-refractivity contribution is 0.304. The quantitative estimate of drug-likeness (QED) is 0.603. The van der Waals surface area contributed by atoms with Gasteiger partial charge in [-0.25, -0.2) is 4.98 Å². The highest BCUT2D eigenvalue weighted by Gasteiger charge is 2.06. The maximum Gasteiger partial charge on any atom is 0.230 e. The second-order valence-electron chi connectivity index (χ2n) is 2.62. The first-order valence-corrected chi connectivity index (χ1v) is 4.97. The summed E-state index contributed by atoms with van der Waals surface area (Å²) >= 11 is 3.07. The van der Waals surface area contributed by atoms with Gasteiger partial charge in [0.1, 0.15) is 10.2 Å². The van der Waals surface area contributed by atoms with E-state index >= 15 is 0 Å². The second-order valence-corrected chi connectivity index (χ2v) is 3.41. The van der Waals surface area contributed by atoms with Crippen molar-refractivity contribution in [3.05, 3.63) is 22.7 Å². The van der Waals surface area contributed by atoms with Gasteiger partial charge in [0.05, 0.1) is 6.61 Å². The molecule has 1 heterocycles. The molecule has 0 aliphatic rings. The number of nitrogens with zero attached hydrogens (tertiary/aromatic N) is 1. The molecule has 4 heteroatoms. The molecule has 0 saturated carbocycles. The van der Waals surface area contributed by atoms with Gasteiger partial charge in [-0.2, -0.15) is 4.39 Å². The van der Waals surface area contributed by atoms with Gasteiger partial charge in [-0.3, -0.25) is 0 Å². The van der Waals surface area contributed by atoms with Crippen molar-refractivity contribution in [2.75, 3.05) is 6.61 Å². The fourth-order valence-corrected chi connectivity index (χ4v) is 1.19. The van der Waals surface area contributed by atoms with Crippen molar-refractivity contribution in [3.63, 3.8) is 0 Å². The van der Waals surface area contributed by atoms with E-state index in [0.29, 0.717) is 16.8 Å². The number of hydrogen-bond acceptors (Lipinski definition) is 2. The maximum atomic E-state index is 12.9. The fourth-order valence-electron chi connectivity index (χ4n) is 0.840. The average molecular weight is 248 g/mol. The molecular formula is C9H11BrFNO. The molecule has 0 N–H and O–H groups in total. The van der Waals surface area contributed by atoms with Gasteiger partial charge in [0.25, 0.3) is 0 Å². The Morgan fingerprint density at radius 3 is 3.08 bits per heavy atom. The Balaban J connectivity index is 2.61. The summed E-state index contributed by atoms with van der Waals surface area (Å²) in [5.41, 5.74) is 0. The number of rotatable bonds is 4. The Bertz CT molecular complexity index is 280. The number of pyridine rings is 1. The lowest BCUT2D eigenvalue weighted by Gasteiger charge is -2.06. The number of hydrogen-bond donors (Lipinski definition) is 0. The van der Waals surface area contributed by atoms with E-state index in [-0.39, 0.29) is 0 Å². The van der Waals surface area contributed by atoms with Crippen LogP contribution < -0.4 is 4.74 Å². The summed E-state index contributed by atoms with van der Waals surface area (Å²) in [6.07, 6.45) is 3.42. The average Bonchev–Trinajstić information content (AvgIpc) is 2.13. The highest BCUT2D eigenvalue weighted by Crippen LogP contribution is 2.25. The molecule has 1 aromatic heterocycles. The van der Waals surface area contributed by atoms with Gasteiger partial charge in [-0.1, -0.05) is 13.3 Å². The molecule has 0 aliphatic heterocycles. The van der Waals surface area contributed by atoms with E-state index in [0.717, 1.165) is 12.8 Å². The van der Waals surface area contributed by atoms with Crippen LogP contribution in [0.25, 0.3) is 0 Å². The number of ether oxygens (including phenoxy) is 1. The Morgan fingerprint density at radius 1 is 1.62 bits per heavy atom. The van der Waals surface area contributed by atoms with Crippen LogP contribution in [-0.4, -0.2) is 11.6 Å². The molecule has 1 aromatic rings. The largest absolute Gasteiger partial charge is 0.492 e. The molecule has 0 aliphatic carbocycles. The Kier molecular flexibility index (Phi) is 4.15. The Labute approximate surface area is 85.3 Å². The van der Waals surface area contributed by atoms with Crippen LogP contribution >= 0.6 is 15.9 Å². The lowest BCUT2D eigenvalue weighted by atomic mass is 10.3. The summed E-state index contributed by atoms with van der Waals surface area (Å²) in [7, 11) is 0. The molecule has 0 bridgehead atoms. The van der Waals surface area contributed by atoms with Crippen LogP contribution in [0.3, 0.4) is 0 Å². The monoisotopic (exact) mass is 247 g/mol. The molecule has 0 saturated heterocycles. The molecule has 72 valence electrons. The van der Waals surface area contributed by atoms with Crippen molar-refractivity contribution < 1.29 is 9.13 Å². The topological polar surface area (TPSA) is 22.1 Å². The van der Waals surface area contributed by atoms with Gasteiger partial charge in [-0.05, 0) is 28.4 Å². The third kappa shape index (κ3) is 2.95. The van der Waals surface area contributed by atoms with E-state index in [1.807, 2.05) is 0 Å². The SMILES string of the molecule is CCCCOc1ccnc(F)c1Br. The summed E-state index contributed by atoms with van der Waals surface area (Å²) in [5.74, 6) is -0.0186. The van der Waals surface area contributed by atoms with Gasteiger partial charge in [0.2, 0.25) is 5.95 Å². The highest BCUT2D eigenvalue weighted by molar-refractivity contribution is 9.10. The molecule has 0 unspecified atom stereocenters. The van der Waals surface area contributed by atoms with Crippen molar-refractivity contribution in [2.45, 2.75) is 19.8 Å². The van der Waals surface area contributed by atoms with Crippen LogP contribution in [0.4, 0.5) is 4.39 Å². The van der Waals surface area contributed by atoms with Crippen molar-refractivity contribution in [1.29, 1.82) is 0 Å². The predicted molar refractivity (Wildman–Crippen MR) is 52.3 cm³/mol. The van der Waals surface area contributed by atoms with E-state index in [9.17, 15) is 4.39 Å². The number of halogens is 2. The third-order valence-corrected chi connectivity index (χ3v) is 2.28. The molecule has 0 aromatic carbocycles. The van der Waals surface area contributed by atoms with E-state index in [2.05, 4.69) is 27.8 Å². The normalized spacial score (nSPS) is 10.1. The molecule has 0 fully saturated rings. The molecule has 0 radical (unpaired) electrons. The second kappa shape index (κ2) is 5.17. The summed E-state index contributed by atoms with van der Waals surface area (Å²) in [5, 5.41) is 0. The summed E-state index contributed by atoms with van der Waals surface area (Å²) in [6, 6.07) is 1.64. The van der Waals surface area contributed by atoms with Crippen molar-refractivity contribution >= 4 is 15.9 Å². The zero-order chi connectivity index (χ0) is 9.68. The zero-order valence-corrected chi connectivity index (χ0v) is 8.97. The van der Waals surface area contributed by atoms with Gasteiger partial charge in [-0.15, -0.1) is 0 Å². The Hall–Kier alpha value is -0.640. The maximum absolute atomic E-state index is 12.9.